The summed E-state index contributed by atoms with van der Waals surface area (Å²) in [7, 11) is 0. The standard InChI is InChI=1S/C18H13ClN2O7/c19-11-1-2-14-13(6-11)21(8-16(23)28-14)7-15(22)20-12-4-9(17(24)25)3-10(5-12)18(26)27/h1-6H,7-8H2,(H,20,22)(H,24,25)(H,26,27). The molecular formula is C18H13ClN2O7. The van der Waals surface area contributed by atoms with E-state index in [4.69, 9.17) is 26.6 Å². The number of carboxylic acid groups (broad SMARTS) is 2. The van der Waals surface area contributed by atoms with Gasteiger partial charge in [-0.05, 0) is 36.4 Å². The third-order valence-corrected chi connectivity index (χ3v) is 4.09. The molecule has 0 saturated heterocycles. The van der Waals surface area contributed by atoms with Crippen molar-refractivity contribution in [3.63, 3.8) is 0 Å². The molecule has 0 saturated carbocycles. The Bertz CT molecular complexity index is 973. The van der Waals surface area contributed by atoms with Crippen molar-refractivity contribution in [3.8, 4) is 5.75 Å². The Balaban J connectivity index is 1.82. The number of carbonyl (C=O) groups excluding carboxylic acids is 2. The Morgan fingerprint density at radius 3 is 2.32 bits per heavy atom. The SMILES string of the molecule is O=C(CN1CC(=O)Oc2ccc(Cl)cc21)Nc1cc(C(=O)O)cc(C(=O)O)c1. The zero-order chi connectivity index (χ0) is 20.4. The molecule has 3 N–H and O–H groups in total. The number of hydrogen-bond donors (Lipinski definition) is 3. The molecule has 1 heterocycles. The highest BCUT2D eigenvalue weighted by molar-refractivity contribution is 6.31. The van der Waals surface area contributed by atoms with Gasteiger partial charge in [0.25, 0.3) is 0 Å². The van der Waals surface area contributed by atoms with Gasteiger partial charge < -0.3 is 25.2 Å². The lowest BCUT2D eigenvalue weighted by molar-refractivity contribution is -0.133. The third-order valence-electron chi connectivity index (χ3n) is 3.85. The van der Waals surface area contributed by atoms with E-state index < -0.39 is 23.8 Å². The van der Waals surface area contributed by atoms with Gasteiger partial charge >= 0.3 is 17.9 Å². The van der Waals surface area contributed by atoms with E-state index in [1.807, 2.05) is 0 Å². The molecule has 0 aliphatic carbocycles. The van der Waals surface area contributed by atoms with Gasteiger partial charge in [0.2, 0.25) is 5.91 Å². The average molecular weight is 405 g/mol. The summed E-state index contributed by atoms with van der Waals surface area (Å²) < 4.78 is 5.10. The van der Waals surface area contributed by atoms with E-state index in [0.29, 0.717) is 10.7 Å². The second kappa shape index (κ2) is 7.57. The van der Waals surface area contributed by atoms with E-state index in [1.165, 1.54) is 11.0 Å². The number of nitrogens with one attached hydrogen (secondary N) is 1. The smallest absolute Gasteiger partial charge is 0.335 e. The summed E-state index contributed by atoms with van der Waals surface area (Å²) in [4.78, 5) is 47.9. The van der Waals surface area contributed by atoms with Crippen LogP contribution in [0, 0.1) is 0 Å². The molecule has 0 aromatic heterocycles. The fraction of sp³-hybridized carbons (Fsp3) is 0.111. The Hall–Kier alpha value is -3.59. The molecule has 144 valence electrons. The number of benzene rings is 2. The van der Waals surface area contributed by atoms with E-state index in [0.717, 1.165) is 18.2 Å². The molecule has 9 nitrogen and oxygen atoms in total. The van der Waals surface area contributed by atoms with Crippen molar-refractivity contribution < 1.29 is 34.1 Å². The molecule has 0 unspecified atom stereocenters. The number of anilines is 2. The Morgan fingerprint density at radius 2 is 1.71 bits per heavy atom. The van der Waals surface area contributed by atoms with Crippen molar-refractivity contribution >= 4 is 46.8 Å². The first-order valence-electron chi connectivity index (χ1n) is 7.89. The molecule has 0 fully saturated rings. The van der Waals surface area contributed by atoms with Crippen molar-refractivity contribution in [1.29, 1.82) is 0 Å². The molecule has 0 radical (unpaired) electrons. The molecule has 0 spiro atoms. The molecule has 2 aromatic rings. The minimum absolute atomic E-state index is 0.00760. The van der Waals surface area contributed by atoms with Crippen LogP contribution in [0.15, 0.2) is 36.4 Å². The topological polar surface area (TPSA) is 133 Å². The maximum Gasteiger partial charge on any atom is 0.335 e. The molecule has 2 aromatic carbocycles. The number of nitrogens with zero attached hydrogens (tertiary/aromatic N) is 1. The summed E-state index contributed by atoms with van der Waals surface area (Å²) in [5, 5.41) is 21.0. The quantitative estimate of drug-likeness (QED) is 0.509. The van der Waals surface area contributed by atoms with Crippen LogP contribution in [0.5, 0.6) is 5.75 Å². The number of carboxylic acids is 2. The number of ether oxygens (including phenoxy) is 1. The van der Waals surface area contributed by atoms with Crippen LogP contribution in [-0.4, -0.2) is 47.1 Å². The second-order valence-electron chi connectivity index (χ2n) is 5.90. The Morgan fingerprint density at radius 1 is 1.07 bits per heavy atom. The number of halogens is 1. The summed E-state index contributed by atoms with van der Waals surface area (Å²) in [5.41, 5.74) is -0.108. The lowest BCUT2D eigenvalue weighted by atomic mass is 10.1. The number of fused-ring (bicyclic) bond motifs is 1. The van der Waals surface area contributed by atoms with Gasteiger partial charge in [0, 0.05) is 10.7 Å². The van der Waals surface area contributed by atoms with Crippen LogP contribution in [0.1, 0.15) is 20.7 Å². The number of hydrogen-bond acceptors (Lipinski definition) is 6. The number of rotatable bonds is 5. The van der Waals surface area contributed by atoms with Crippen LogP contribution >= 0.6 is 11.6 Å². The van der Waals surface area contributed by atoms with E-state index in [2.05, 4.69) is 5.32 Å². The summed E-state index contributed by atoms with van der Waals surface area (Å²) in [6.45, 7) is -0.446. The van der Waals surface area contributed by atoms with Crippen molar-refractivity contribution in [3.05, 3.63) is 52.5 Å². The van der Waals surface area contributed by atoms with Gasteiger partial charge in [-0.2, -0.15) is 0 Å². The lowest BCUT2D eigenvalue weighted by Gasteiger charge is -2.29. The first-order chi connectivity index (χ1) is 13.2. The molecular weight excluding hydrogens is 392 g/mol. The van der Waals surface area contributed by atoms with Gasteiger partial charge in [-0.3, -0.25) is 4.79 Å². The molecule has 1 aliphatic rings. The fourth-order valence-electron chi connectivity index (χ4n) is 2.68. The van der Waals surface area contributed by atoms with Crippen molar-refractivity contribution in [2.24, 2.45) is 0 Å². The summed E-state index contributed by atoms with van der Waals surface area (Å²) in [6.07, 6.45) is 0. The highest BCUT2D eigenvalue weighted by Gasteiger charge is 2.26. The predicted molar refractivity (Wildman–Crippen MR) is 98.3 cm³/mol. The van der Waals surface area contributed by atoms with E-state index in [9.17, 15) is 19.2 Å². The van der Waals surface area contributed by atoms with Crippen molar-refractivity contribution in [2.45, 2.75) is 0 Å². The molecule has 10 heteroatoms. The number of amides is 1. The largest absolute Gasteiger partial charge is 0.478 e. The first kappa shape index (κ1) is 19.2. The van der Waals surface area contributed by atoms with Gasteiger partial charge in [0.15, 0.2) is 5.75 Å². The van der Waals surface area contributed by atoms with Crippen molar-refractivity contribution in [1.82, 2.24) is 0 Å². The minimum atomic E-state index is -1.33. The van der Waals surface area contributed by atoms with Crippen LogP contribution in [0.4, 0.5) is 11.4 Å². The Kier molecular flexibility index (Phi) is 5.18. The van der Waals surface area contributed by atoms with Crippen LogP contribution in [0.25, 0.3) is 0 Å². The van der Waals surface area contributed by atoms with Gasteiger partial charge in [0.1, 0.15) is 6.54 Å². The molecule has 3 rings (SSSR count). The molecule has 0 atom stereocenters. The van der Waals surface area contributed by atoms with E-state index in [1.54, 1.807) is 12.1 Å². The second-order valence-corrected chi connectivity index (χ2v) is 6.34. The normalized spacial score (nSPS) is 12.8. The molecule has 1 amide bonds. The summed E-state index contributed by atoms with van der Waals surface area (Å²) in [6, 6.07) is 7.87. The molecule has 0 bridgehead atoms. The van der Waals surface area contributed by atoms with Gasteiger partial charge in [-0.15, -0.1) is 0 Å². The number of carbonyl (C=O) groups is 4. The van der Waals surface area contributed by atoms with E-state index >= 15 is 0 Å². The van der Waals surface area contributed by atoms with Crippen LogP contribution in [0.2, 0.25) is 5.02 Å². The summed E-state index contributed by atoms with van der Waals surface area (Å²) in [5.74, 6) is -3.54. The number of esters is 1. The van der Waals surface area contributed by atoms with Gasteiger partial charge in [-0.1, -0.05) is 11.6 Å². The van der Waals surface area contributed by atoms with E-state index in [-0.39, 0.29) is 35.7 Å². The lowest BCUT2D eigenvalue weighted by Crippen LogP contribution is -2.41. The third kappa shape index (κ3) is 4.21. The predicted octanol–water partition coefficient (Wildman–Crippen LogP) is 2.10. The molecule has 1 aliphatic heterocycles. The zero-order valence-corrected chi connectivity index (χ0v) is 14.9. The monoisotopic (exact) mass is 404 g/mol. The zero-order valence-electron chi connectivity index (χ0n) is 14.1. The van der Waals surface area contributed by atoms with Crippen LogP contribution < -0.4 is 15.0 Å². The van der Waals surface area contributed by atoms with Gasteiger partial charge in [0.05, 0.1) is 23.4 Å². The minimum Gasteiger partial charge on any atom is -0.478 e. The maximum absolute atomic E-state index is 12.4. The van der Waals surface area contributed by atoms with Crippen molar-refractivity contribution in [2.75, 3.05) is 23.3 Å². The number of aromatic carboxylic acids is 2. The van der Waals surface area contributed by atoms with Crippen LogP contribution in [-0.2, 0) is 9.59 Å². The highest BCUT2D eigenvalue weighted by atomic mass is 35.5. The Labute approximate surface area is 163 Å². The summed E-state index contributed by atoms with van der Waals surface area (Å²) >= 11 is 5.96. The van der Waals surface area contributed by atoms with Gasteiger partial charge in [-0.25, -0.2) is 14.4 Å². The van der Waals surface area contributed by atoms with Crippen LogP contribution in [0.3, 0.4) is 0 Å². The average Bonchev–Trinajstić information content (AvgIpc) is 2.61. The maximum atomic E-state index is 12.4. The molecule has 28 heavy (non-hydrogen) atoms. The fourth-order valence-corrected chi connectivity index (χ4v) is 2.85. The highest BCUT2D eigenvalue weighted by Crippen LogP contribution is 2.34. The first-order valence-corrected chi connectivity index (χ1v) is 8.27.